The average Bonchev–Trinajstić information content (AvgIpc) is 3.55. The van der Waals surface area contributed by atoms with Gasteiger partial charge in [-0.3, -0.25) is 0 Å². The largest absolute Gasteiger partial charge is 0.0990 e. The van der Waals surface area contributed by atoms with Crippen LogP contribution < -0.4 is 0 Å². The van der Waals surface area contributed by atoms with Gasteiger partial charge < -0.3 is 0 Å². The van der Waals surface area contributed by atoms with E-state index in [1.54, 1.807) is 0 Å². The van der Waals surface area contributed by atoms with Gasteiger partial charge in [-0.05, 0) is 149 Å². The number of hydrogen-bond acceptors (Lipinski definition) is 0. The van der Waals surface area contributed by atoms with Gasteiger partial charge in [0.05, 0.1) is 0 Å². The molecule has 0 amide bonds. The van der Waals surface area contributed by atoms with Crippen molar-refractivity contribution in [3.8, 4) is 33.4 Å². The van der Waals surface area contributed by atoms with Crippen molar-refractivity contribution in [2.45, 2.75) is 34.1 Å². The maximum absolute atomic E-state index is 4.04. The number of rotatable bonds is 4. The van der Waals surface area contributed by atoms with Gasteiger partial charge in [0.25, 0.3) is 0 Å². The molecule has 0 saturated carbocycles. The Morgan fingerprint density at radius 1 is 0.436 bits per heavy atom. The highest BCUT2D eigenvalue weighted by Crippen LogP contribution is 2.54. The van der Waals surface area contributed by atoms with Crippen molar-refractivity contribution in [2.24, 2.45) is 0 Å². The summed E-state index contributed by atoms with van der Waals surface area (Å²) in [6, 6.07) is 57.4. The van der Waals surface area contributed by atoms with Gasteiger partial charge in [0.2, 0.25) is 0 Å². The van der Waals surface area contributed by atoms with E-state index in [1.807, 2.05) is 6.08 Å². The fourth-order valence-electron chi connectivity index (χ4n) is 9.11. The summed E-state index contributed by atoms with van der Waals surface area (Å²) in [5.74, 6) is 0. The van der Waals surface area contributed by atoms with Gasteiger partial charge in [-0.25, -0.2) is 0 Å². The minimum absolute atomic E-state index is 1.02. The Kier molecular flexibility index (Phi) is 8.76. The van der Waals surface area contributed by atoms with Crippen LogP contribution in [0.2, 0.25) is 0 Å². The second-order valence-corrected chi connectivity index (χ2v) is 14.8. The number of allylic oxidation sites excluding steroid dienone is 2. The van der Waals surface area contributed by atoms with Gasteiger partial charge in [-0.1, -0.05) is 177 Å². The summed E-state index contributed by atoms with van der Waals surface area (Å²) in [5, 5.41) is 10.6. The van der Waals surface area contributed by atoms with Crippen LogP contribution in [0, 0.1) is 20.8 Å². The molecule has 9 aromatic carbocycles. The van der Waals surface area contributed by atoms with E-state index in [0.717, 1.165) is 6.42 Å². The van der Waals surface area contributed by atoms with Crippen molar-refractivity contribution in [1.82, 2.24) is 0 Å². The molecule has 0 spiro atoms. The summed E-state index contributed by atoms with van der Waals surface area (Å²) >= 11 is 0. The smallest absolute Gasteiger partial charge is 0.00111 e. The molecule has 0 radical (unpaired) electrons. The molecule has 0 N–H and O–H groups in total. The highest BCUT2D eigenvalue weighted by Gasteiger charge is 2.31. The van der Waals surface area contributed by atoms with Crippen LogP contribution in [-0.4, -0.2) is 0 Å². The van der Waals surface area contributed by atoms with Crippen LogP contribution in [0.4, 0.5) is 0 Å². The molecule has 0 heteroatoms. The fraction of sp³-hybridized carbons (Fsp3) is 0.0909. The Morgan fingerprint density at radius 2 is 1.02 bits per heavy atom. The molecule has 1 aliphatic carbocycles. The Morgan fingerprint density at radius 3 is 1.69 bits per heavy atom. The van der Waals surface area contributed by atoms with Gasteiger partial charge in [-0.15, -0.1) is 0 Å². The third-order valence-electron chi connectivity index (χ3n) is 11.6. The standard InChI is InChI=1S/C29H24.C26H20/c1-4-12-24-27-20(5-2)15-11-18-25(27)26-19(3)22-16-9-10-17-23(22)28(29(24)26)21-13-7-6-8-14-21;1-17-12-13-22-18(2)23-15-20-10-6-7-11-21(20)16-25(23)26(24(22)14-17)19-8-4-3-5-9-19/h4,6-18H,1,5H2,2-3H3;3-16H,1-2H3/b24-12+;. The first-order valence-electron chi connectivity index (χ1n) is 19.5. The van der Waals surface area contributed by atoms with Gasteiger partial charge in [0.15, 0.2) is 0 Å². The Bertz CT molecular complexity index is 2980. The van der Waals surface area contributed by atoms with Crippen LogP contribution in [0.5, 0.6) is 0 Å². The highest BCUT2D eigenvalue weighted by atomic mass is 14.3. The summed E-state index contributed by atoms with van der Waals surface area (Å²) in [5.41, 5.74) is 17.4. The van der Waals surface area contributed by atoms with E-state index in [9.17, 15) is 0 Å². The molecule has 0 aliphatic heterocycles. The van der Waals surface area contributed by atoms with E-state index in [-0.39, 0.29) is 0 Å². The SMILES string of the molecule is C=C/C=C1\c2c(CC)cccc2-c2c1c(-c1ccccc1)c1ccccc1c2C.Cc1ccc2c(C)c3cc4ccccc4cc3c(-c3ccccc3)c2c1. The lowest BCUT2D eigenvalue weighted by Gasteiger charge is -2.18. The van der Waals surface area contributed by atoms with E-state index >= 15 is 0 Å². The first kappa shape index (κ1) is 34.3. The lowest BCUT2D eigenvalue weighted by atomic mass is 9.85. The lowest BCUT2D eigenvalue weighted by molar-refractivity contribution is 1.13. The van der Waals surface area contributed by atoms with Crippen molar-refractivity contribution in [1.29, 1.82) is 0 Å². The van der Waals surface area contributed by atoms with Crippen molar-refractivity contribution in [3.05, 3.63) is 210 Å². The summed E-state index contributed by atoms with van der Waals surface area (Å²) in [7, 11) is 0. The molecule has 0 nitrogen and oxygen atoms in total. The van der Waals surface area contributed by atoms with Gasteiger partial charge in [-0.2, -0.15) is 0 Å². The Hall–Kier alpha value is -6.50. The third kappa shape index (κ3) is 5.69. The number of aryl methyl sites for hydroxylation is 4. The van der Waals surface area contributed by atoms with E-state index in [1.165, 1.54) is 115 Å². The van der Waals surface area contributed by atoms with Crippen LogP contribution in [0.25, 0.3) is 82.0 Å². The average molecular weight is 705 g/mol. The first-order chi connectivity index (χ1) is 27.0. The monoisotopic (exact) mass is 704 g/mol. The van der Waals surface area contributed by atoms with Crippen molar-refractivity contribution >= 4 is 48.7 Å². The molecule has 0 fully saturated rings. The molecule has 0 unspecified atom stereocenters. The second kappa shape index (κ2) is 14.0. The molecule has 0 bridgehead atoms. The number of hydrogen-bond donors (Lipinski definition) is 0. The summed E-state index contributed by atoms with van der Waals surface area (Å²) in [6.45, 7) is 13.0. The predicted octanol–water partition coefficient (Wildman–Crippen LogP) is 15.4. The second-order valence-electron chi connectivity index (χ2n) is 14.8. The zero-order valence-corrected chi connectivity index (χ0v) is 32.1. The van der Waals surface area contributed by atoms with Gasteiger partial charge in [0, 0.05) is 0 Å². The topological polar surface area (TPSA) is 0 Å². The van der Waals surface area contributed by atoms with Crippen LogP contribution in [-0.2, 0) is 6.42 Å². The zero-order chi connectivity index (χ0) is 37.6. The molecule has 264 valence electrons. The number of fused-ring (bicyclic) bond motifs is 7. The Labute approximate surface area is 324 Å². The van der Waals surface area contributed by atoms with E-state index < -0.39 is 0 Å². The molecular formula is C55H44. The normalized spacial score (nSPS) is 12.5. The van der Waals surface area contributed by atoms with Crippen molar-refractivity contribution < 1.29 is 0 Å². The third-order valence-corrected chi connectivity index (χ3v) is 11.6. The van der Waals surface area contributed by atoms with E-state index in [2.05, 4.69) is 198 Å². The molecule has 0 heterocycles. The molecule has 0 saturated heterocycles. The zero-order valence-electron chi connectivity index (χ0n) is 32.1. The van der Waals surface area contributed by atoms with Gasteiger partial charge >= 0.3 is 0 Å². The Balaban J connectivity index is 0.000000145. The highest BCUT2D eigenvalue weighted by molar-refractivity contribution is 6.18. The molecule has 1 aliphatic rings. The summed E-state index contributed by atoms with van der Waals surface area (Å²) in [6.07, 6.45) is 5.15. The molecule has 9 aromatic rings. The lowest BCUT2D eigenvalue weighted by Crippen LogP contribution is -1.94. The van der Waals surface area contributed by atoms with Crippen LogP contribution in [0.3, 0.4) is 0 Å². The van der Waals surface area contributed by atoms with Gasteiger partial charge in [0.1, 0.15) is 0 Å². The summed E-state index contributed by atoms with van der Waals surface area (Å²) in [4.78, 5) is 0. The summed E-state index contributed by atoms with van der Waals surface area (Å²) < 4.78 is 0. The first-order valence-corrected chi connectivity index (χ1v) is 19.5. The fourth-order valence-corrected chi connectivity index (χ4v) is 9.11. The quantitative estimate of drug-likeness (QED) is 0.160. The van der Waals surface area contributed by atoms with E-state index in [4.69, 9.17) is 0 Å². The molecule has 10 rings (SSSR count). The van der Waals surface area contributed by atoms with Crippen LogP contribution in [0.15, 0.2) is 176 Å². The van der Waals surface area contributed by atoms with Crippen molar-refractivity contribution in [3.63, 3.8) is 0 Å². The predicted molar refractivity (Wildman–Crippen MR) is 240 cm³/mol. The maximum atomic E-state index is 4.04. The molecule has 0 atom stereocenters. The minimum atomic E-state index is 1.02. The van der Waals surface area contributed by atoms with E-state index in [0.29, 0.717) is 0 Å². The minimum Gasteiger partial charge on any atom is -0.0990 e. The van der Waals surface area contributed by atoms with Crippen molar-refractivity contribution in [2.75, 3.05) is 0 Å². The maximum Gasteiger partial charge on any atom is -0.00111 e. The molecule has 55 heavy (non-hydrogen) atoms. The van der Waals surface area contributed by atoms with Crippen LogP contribution >= 0.6 is 0 Å². The molecular weight excluding hydrogens is 661 g/mol. The number of benzene rings is 9. The molecule has 0 aromatic heterocycles. The van der Waals surface area contributed by atoms with Crippen LogP contribution in [0.1, 0.15) is 40.3 Å².